The maximum absolute atomic E-state index is 13.9. The number of anilines is 1. The molecule has 0 N–H and O–H groups in total. The minimum atomic E-state index is -3.72. The van der Waals surface area contributed by atoms with Gasteiger partial charge in [0.2, 0.25) is 9.84 Å². The lowest BCUT2D eigenvalue weighted by atomic mass is 10.1. The number of fused-ring (bicyclic) bond motifs is 1. The van der Waals surface area contributed by atoms with Crippen molar-refractivity contribution in [1.82, 2.24) is 14.8 Å². The molecule has 6 nitrogen and oxygen atoms in total. The molecule has 0 atom stereocenters. The average Bonchev–Trinajstić information content (AvgIpc) is 3.12. The second kappa shape index (κ2) is 11.1. The Bertz CT molecular complexity index is 1260. The lowest BCUT2D eigenvalue weighted by molar-refractivity contribution is 0.241. The summed E-state index contributed by atoms with van der Waals surface area (Å²) in [6.45, 7) is 13.0. The number of nitrogens with zero attached hydrogens (tertiary/aromatic N) is 4. The van der Waals surface area contributed by atoms with E-state index in [0.717, 1.165) is 86.4 Å². The molecule has 2 heterocycles. The van der Waals surface area contributed by atoms with Crippen LogP contribution in [0.25, 0.3) is 10.9 Å². The number of aryl methyl sites for hydroxylation is 2. The van der Waals surface area contributed by atoms with Crippen molar-refractivity contribution in [3.63, 3.8) is 0 Å². The molecular weight excluding hydrogens is 456 g/mol. The van der Waals surface area contributed by atoms with Gasteiger partial charge in [0.25, 0.3) is 0 Å². The second-order valence-electron chi connectivity index (χ2n) is 9.57. The second-order valence-corrected chi connectivity index (χ2v) is 11.5. The Morgan fingerprint density at radius 2 is 1.77 bits per heavy atom. The van der Waals surface area contributed by atoms with Crippen molar-refractivity contribution < 1.29 is 8.42 Å². The van der Waals surface area contributed by atoms with Gasteiger partial charge in [-0.3, -0.25) is 4.98 Å². The summed E-state index contributed by atoms with van der Waals surface area (Å²) in [4.78, 5) is 12.3. The van der Waals surface area contributed by atoms with Crippen LogP contribution in [0.5, 0.6) is 0 Å². The van der Waals surface area contributed by atoms with Gasteiger partial charge in [0.05, 0.1) is 16.1 Å². The zero-order valence-electron chi connectivity index (χ0n) is 21.5. The predicted octanol–water partition coefficient (Wildman–Crippen LogP) is 4.40. The van der Waals surface area contributed by atoms with Crippen LogP contribution in [0.1, 0.15) is 31.4 Å². The van der Waals surface area contributed by atoms with Crippen LogP contribution in [0.15, 0.2) is 58.5 Å². The fourth-order valence-corrected chi connectivity index (χ4v) is 6.15. The van der Waals surface area contributed by atoms with E-state index in [4.69, 9.17) is 0 Å². The summed E-state index contributed by atoms with van der Waals surface area (Å²) in [5.74, 6) is 0. The molecule has 1 aliphatic heterocycles. The smallest absolute Gasteiger partial charge is 0.210 e. The molecule has 0 saturated carbocycles. The van der Waals surface area contributed by atoms with Crippen LogP contribution < -0.4 is 4.90 Å². The molecule has 0 radical (unpaired) electrons. The fourth-order valence-electron chi connectivity index (χ4n) is 4.72. The molecular formula is C28H38N4O2S. The van der Waals surface area contributed by atoms with E-state index in [-0.39, 0.29) is 0 Å². The quantitative estimate of drug-likeness (QED) is 0.463. The van der Waals surface area contributed by atoms with Crippen LogP contribution >= 0.6 is 0 Å². The van der Waals surface area contributed by atoms with Crippen molar-refractivity contribution in [3.8, 4) is 0 Å². The summed E-state index contributed by atoms with van der Waals surface area (Å²) in [7, 11) is -1.57. The molecule has 7 heteroatoms. The number of likely N-dealkylation sites (N-methyl/N-ethyl adjacent to an activating group) is 1. The van der Waals surface area contributed by atoms with Gasteiger partial charge in [0, 0.05) is 44.3 Å². The summed E-state index contributed by atoms with van der Waals surface area (Å²) in [6, 6.07) is 13.4. The van der Waals surface area contributed by atoms with Gasteiger partial charge in [0.1, 0.15) is 4.90 Å². The monoisotopic (exact) mass is 494 g/mol. The number of pyridine rings is 1. The van der Waals surface area contributed by atoms with Gasteiger partial charge in [-0.25, -0.2) is 8.42 Å². The lowest BCUT2D eigenvalue weighted by Crippen LogP contribution is -2.36. The van der Waals surface area contributed by atoms with Gasteiger partial charge in [-0.05, 0) is 69.7 Å². The zero-order valence-corrected chi connectivity index (χ0v) is 22.3. The SMILES string of the molecule is CCc1ccc(S(=O)(=O)c2cnc3ccc(C)cc3c2N2CCCN(CCN(C)CC)CC2)cc1. The summed E-state index contributed by atoms with van der Waals surface area (Å²) in [6.07, 6.45) is 3.44. The third kappa shape index (κ3) is 5.68. The largest absolute Gasteiger partial charge is 0.369 e. The Kier molecular flexibility index (Phi) is 8.09. The minimum Gasteiger partial charge on any atom is -0.369 e. The molecule has 0 unspecified atom stereocenters. The number of hydrogen-bond acceptors (Lipinski definition) is 6. The number of benzene rings is 2. The Hall–Kier alpha value is -2.48. The average molecular weight is 495 g/mol. The molecule has 0 amide bonds. The molecule has 0 spiro atoms. The fraction of sp³-hybridized carbons (Fsp3) is 0.464. The molecule has 1 saturated heterocycles. The van der Waals surface area contributed by atoms with Crippen molar-refractivity contribution in [3.05, 3.63) is 59.8 Å². The Morgan fingerprint density at radius 1 is 1.00 bits per heavy atom. The molecule has 2 aromatic carbocycles. The molecule has 3 aromatic rings. The van der Waals surface area contributed by atoms with Gasteiger partial charge in [0.15, 0.2) is 0 Å². The van der Waals surface area contributed by atoms with Crippen molar-refractivity contribution >= 4 is 26.4 Å². The van der Waals surface area contributed by atoms with Crippen LogP contribution in [0.3, 0.4) is 0 Å². The predicted molar refractivity (Wildman–Crippen MR) is 144 cm³/mol. The molecule has 188 valence electrons. The maximum atomic E-state index is 13.9. The van der Waals surface area contributed by atoms with Gasteiger partial charge in [-0.15, -0.1) is 0 Å². The first kappa shape index (κ1) is 25.6. The first-order valence-electron chi connectivity index (χ1n) is 12.7. The van der Waals surface area contributed by atoms with E-state index >= 15 is 0 Å². The van der Waals surface area contributed by atoms with E-state index in [1.807, 2.05) is 31.2 Å². The number of rotatable bonds is 8. The van der Waals surface area contributed by atoms with Crippen LogP contribution in [-0.4, -0.2) is 76.1 Å². The van der Waals surface area contributed by atoms with Crippen molar-refractivity contribution in [1.29, 1.82) is 0 Å². The van der Waals surface area contributed by atoms with E-state index < -0.39 is 9.84 Å². The highest BCUT2D eigenvalue weighted by Gasteiger charge is 2.28. The lowest BCUT2D eigenvalue weighted by Gasteiger charge is -2.27. The third-order valence-electron chi connectivity index (χ3n) is 7.14. The van der Waals surface area contributed by atoms with Crippen LogP contribution in [0.2, 0.25) is 0 Å². The van der Waals surface area contributed by atoms with Gasteiger partial charge < -0.3 is 14.7 Å². The van der Waals surface area contributed by atoms with Gasteiger partial charge >= 0.3 is 0 Å². The van der Waals surface area contributed by atoms with Crippen molar-refractivity contribution in [2.24, 2.45) is 0 Å². The Morgan fingerprint density at radius 3 is 2.49 bits per heavy atom. The summed E-state index contributed by atoms with van der Waals surface area (Å²) in [5.41, 5.74) is 3.85. The molecule has 1 aliphatic rings. The van der Waals surface area contributed by atoms with E-state index in [9.17, 15) is 8.42 Å². The summed E-state index contributed by atoms with van der Waals surface area (Å²) < 4.78 is 27.8. The topological polar surface area (TPSA) is 56.8 Å². The van der Waals surface area contributed by atoms with Crippen molar-refractivity contribution in [2.45, 2.75) is 43.4 Å². The third-order valence-corrected chi connectivity index (χ3v) is 8.91. The van der Waals surface area contributed by atoms with Gasteiger partial charge in [-0.2, -0.15) is 0 Å². The number of hydrogen-bond donors (Lipinski definition) is 0. The molecule has 0 aliphatic carbocycles. The molecule has 35 heavy (non-hydrogen) atoms. The number of sulfone groups is 1. The van der Waals surface area contributed by atoms with Crippen LogP contribution in [-0.2, 0) is 16.3 Å². The standard InChI is InChI=1S/C28H38N4O2S/c1-5-23-9-11-24(12-10-23)35(33,34)27-21-29-26-13-8-22(3)20-25(26)28(27)32-15-7-14-31(18-19-32)17-16-30(4)6-2/h8-13,20-21H,5-7,14-19H2,1-4H3. The molecule has 1 aromatic heterocycles. The summed E-state index contributed by atoms with van der Waals surface area (Å²) >= 11 is 0. The molecule has 0 bridgehead atoms. The first-order valence-corrected chi connectivity index (χ1v) is 14.2. The highest BCUT2D eigenvalue weighted by atomic mass is 32.2. The normalized spacial score (nSPS) is 15.6. The Labute approximate surface area is 210 Å². The first-order chi connectivity index (χ1) is 16.8. The van der Waals surface area contributed by atoms with Gasteiger partial charge in [-0.1, -0.05) is 37.6 Å². The summed E-state index contributed by atoms with van der Waals surface area (Å²) in [5, 5.41) is 0.912. The molecule has 1 fully saturated rings. The van der Waals surface area contributed by atoms with Crippen molar-refractivity contribution in [2.75, 3.05) is 57.8 Å². The number of aromatic nitrogens is 1. The highest BCUT2D eigenvalue weighted by Crippen LogP contribution is 2.36. The van der Waals surface area contributed by atoms with E-state index in [0.29, 0.717) is 9.79 Å². The molecule has 4 rings (SSSR count). The minimum absolute atomic E-state index is 0.305. The van der Waals surface area contributed by atoms with Crippen LogP contribution in [0.4, 0.5) is 5.69 Å². The highest BCUT2D eigenvalue weighted by molar-refractivity contribution is 7.91. The van der Waals surface area contributed by atoms with E-state index in [2.05, 4.69) is 46.6 Å². The Balaban J connectivity index is 1.74. The van der Waals surface area contributed by atoms with E-state index in [1.165, 1.54) is 0 Å². The van der Waals surface area contributed by atoms with E-state index in [1.54, 1.807) is 18.3 Å². The zero-order chi connectivity index (χ0) is 25.0. The van der Waals surface area contributed by atoms with Crippen LogP contribution in [0, 0.1) is 6.92 Å². The maximum Gasteiger partial charge on any atom is 0.210 e.